The van der Waals surface area contributed by atoms with Crippen molar-refractivity contribution in [2.24, 2.45) is 0 Å². The average Bonchev–Trinajstić information content (AvgIpc) is 2.82. The normalized spacial score (nSPS) is 12.4. The molecule has 84 valence electrons. The maximum Gasteiger partial charge on any atom is 0.118 e. The molecule has 1 N–H and O–H groups in total. The Kier molecular flexibility index (Phi) is 3.27. The third kappa shape index (κ3) is 2.44. The van der Waals surface area contributed by atoms with Gasteiger partial charge < -0.3 is 14.3 Å². The van der Waals surface area contributed by atoms with Crippen LogP contribution in [-0.4, -0.2) is 12.2 Å². The van der Waals surface area contributed by atoms with Crippen LogP contribution in [0.5, 0.6) is 5.75 Å². The van der Waals surface area contributed by atoms with Gasteiger partial charge in [0.25, 0.3) is 0 Å². The van der Waals surface area contributed by atoms with Crippen molar-refractivity contribution in [2.45, 2.75) is 12.5 Å². The van der Waals surface area contributed by atoms with Crippen LogP contribution in [0.4, 0.5) is 0 Å². The predicted molar refractivity (Wildman–Crippen MR) is 60.4 cm³/mol. The monoisotopic (exact) mass is 218 g/mol. The van der Waals surface area contributed by atoms with Crippen LogP contribution >= 0.6 is 0 Å². The number of rotatable bonds is 4. The molecular weight excluding hydrogens is 204 g/mol. The molecule has 0 spiro atoms. The van der Waals surface area contributed by atoms with Crippen LogP contribution in [-0.2, 0) is 6.42 Å². The van der Waals surface area contributed by atoms with Gasteiger partial charge in [0.1, 0.15) is 5.75 Å². The lowest BCUT2D eigenvalue weighted by Gasteiger charge is -2.10. The quantitative estimate of drug-likeness (QED) is 0.857. The number of aliphatic hydroxyl groups is 1. The number of hydrogen-bond acceptors (Lipinski definition) is 3. The Balaban J connectivity index is 2.05. The summed E-state index contributed by atoms with van der Waals surface area (Å²) in [4.78, 5) is 0. The molecule has 1 heterocycles. The molecule has 2 rings (SSSR count). The minimum atomic E-state index is -0.511. The molecule has 3 heteroatoms. The number of aliphatic hydroxyl groups excluding tert-OH is 1. The molecule has 1 aromatic carbocycles. The van der Waals surface area contributed by atoms with Crippen molar-refractivity contribution in [2.75, 3.05) is 7.11 Å². The number of hydrogen-bond donors (Lipinski definition) is 1. The van der Waals surface area contributed by atoms with Gasteiger partial charge in [0.2, 0.25) is 0 Å². The Bertz CT molecular complexity index is 417. The summed E-state index contributed by atoms with van der Waals surface area (Å²) in [6.45, 7) is 0. The Labute approximate surface area is 94.3 Å². The number of furan rings is 1. The summed E-state index contributed by atoms with van der Waals surface area (Å²) in [5.41, 5.74) is 1.87. The molecule has 16 heavy (non-hydrogen) atoms. The zero-order chi connectivity index (χ0) is 11.4. The Morgan fingerprint density at radius 1 is 1.25 bits per heavy atom. The Hall–Kier alpha value is -1.74. The summed E-state index contributed by atoms with van der Waals surface area (Å²) in [5, 5.41) is 9.97. The van der Waals surface area contributed by atoms with Crippen LogP contribution in [0.1, 0.15) is 17.2 Å². The highest BCUT2D eigenvalue weighted by atomic mass is 16.5. The van der Waals surface area contributed by atoms with Gasteiger partial charge in [-0.3, -0.25) is 0 Å². The van der Waals surface area contributed by atoms with Gasteiger partial charge in [-0.2, -0.15) is 0 Å². The van der Waals surface area contributed by atoms with Crippen LogP contribution < -0.4 is 4.74 Å². The third-order valence-corrected chi connectivity index (χ3v) is 2.51. The lowest BCUT2D eigenvalue weighted by molar-refractivity contribution is 0.178. The SMILES string of the molecule is COc1ccc(C(O)Cc2ccoc2)cc1. The van der Waals surface area contributed by atoms with Gasteiger partial charge in [0.15, 0.2) is 0 Å². The summed E-state index contributed by atoms with van der Waals surface area (Å²) >= 11 is 0. The lowest BCUT2D eigenvalue weighted by atomic mass is 10.0. The smallest absolute Gasteiger partial charge is 0.118 e. The van der Waals surface area contributed by atoms with E-state index < -0.39 is 6.10 Å². The molecule has 0 saturated heterocycles. The second-order valence-electron chi connectivity index (χ2n) is 3.62. The molecule has 0 fully saturated rings. The summed E-state index contributed by atoms with van der Waals surface area (Å²) in [6, 6.07) is 9.27. The molecular formula is C13H14O3. The van der Waals surface area contributed by atoms with Gasteiger partial charge in [-0.15, -0.1) is 0 Å². The molecule has 0 amide bonds. The molecule has 0 radical (unpaired) electrons. The van der Waals surface area contributed by atoms with Gasteiger partial charge in [0, 0.05) is 6.42 Å². The minimum absolute atomic E-state index is 0.511. The standard InChI is InChI=1S/C13H14O3/c1-15-12-4-2-11(3-5-12)13(14)8-10-6-7-16-9-10/h2-7,9,13-14H,8H2,1H3. The largest absolute Gasteiger partial charge is 0.497 e. The molecule has 1 unspecified atom stereocenters. The van der Waals surface area contributed by atoms with E-state index in [9.17, 15) is 5.11 Å². The molecule has 1 atom stereocenters. The van der Waals surface area contributed by atoms with Crippen LogP contribution in [0.2, 0.25) is 0 Å². The highest BCUT2D eigenvalue weighted by Crippen LogP contribution is 2.21. The van der Waals surface area contributed by atoms with E-state index in [1.807, 2.05) is 30.3 Å². The van der Waals surface area contributed by atoms with Gasteiger partial charge in [0.05, 0.1) is 25.7 Å². The fraction of sp³-hybridized carbons (Fsp3) is 0.231. The van der Waals surface area contributed by atoms with Crippen molar-refractivity contribution in [1.29, 1.82) is 0 Å². The van der Waals surface area contributed by atoms with Gasteiger partial charge >= 0.3 is 0 Å². The molecule has 2 aromatic rings. The molecule has 0 aliphatic rings. The number of benzene rings is 1. The van der Waals surface area contributed by atoms with Crippen LogP contribution in [0, 0.1) is 0 Å². The van der Waals surface area contributed by atoms with E-state index >= 15 is 0 Å². The highest BCUT2D eigenvalue weighted by Gasteiger charge is 2.09. The summed E-state index contributed by atoms with van der Waals surface area (Å²) in [7, 11) is 1.62. The van der Waals surface area contributed by atoms with Gasteiger partial charge in [-0.25, -0.2) is 0 Å². The molecule has 0 aliphatic carbocycles. The maximum atomic E-state index is 9.97. The first-order valence-electron chi connectivity index (χ1n) is 5.12. The molecule has 0 aliphatic heterocycles. The van der Waals surface area contributed by atoms with Crippen LogP contribution in [0.3, 0.4) is 0 Å². The van der Waals surface area contributed by atoms with Crippen molar-refractivity contribution < 1.29 is 14.3 Å². The number of ether oxygens (including phenoxy) is 1. The molecule has 3 nitrogen and oxygen atoms in total. The second-order valence-corrected chi connectivity index (χ2v) is 3.62. The predicted octanol–water partition coefficient (Wildman–Crippen LogP) is 2.56. The fourth-order valence-corrected chi connectivity index (χ4v) is 1.58. The van der Waals surface area contributed by atoms with E-state index in [1.54, 1.807) is 19.6 Å². The van der Waals surface area contributed by atoms with Gasteiger partial charge in [-0.05, 0) is 29.3 Å². The summed E-state index contributed by atoms with van der Waals surface area (Å²) < 4.78 is 10.0. The van der Waals surface area contributed by atoms with E-state index in [1.165, 1.54) is 0 Å². The fourth-order valence-electron chi connectivity index (χ4n) is 1.58. The first-order chi connectivity index (χ1) is 7.79. The zero-order valence-electron chi connectivity index (χ0n) is 9.09. The van der Waals surface area contributed by atoms with Crippen molar-refractivity contribution in [1.82, 2.24) is 0 Å². The zero-order valence-corrected chi connectivity index (χ0v) is 9.09. The first-order valence-corrected chi connectivity index (χ1v) is 5.12. The van der Waals surface area contributed by atoms with Crippen molar-refractivity contribution in [3.63, 3.8) is 0 Å². The first kappa shape index (κ1) is 10.8. The number of methoxy groups -OCH3 is 1. The van der Waals surface area contributed by atoms with E-state index in [2.05, 4.69) is 0 Å². The van der Waals surface area contributed by atoms with Crippen LogP contribution in [0.15, 0.2) is 47.3 Å². The van der Waals surface area contributed by atoms with E-state index in [0.29, 0.717) is 6.42 Å². The molecule has 1 aromatic heterocycles. The minimum Gasteiger partial charge on any atom is -0.497 e. The maximum absolute atomic E-state index is 9.97. The van der Waals surface area contributed by atoms with Gasteiger partial charge in [-0.1, -0.05) is 12.1 Å². The average molecular weight is 218 g/mol. The topological polar surface area (TPSA) is 42.6 Å². The molecule has 0 bridgehead atoms. The summed E-state index contributed by atoms with van der Waals surface area (Å²) in [6.07, 6.45) is 3.30. The Morgan fingerprint density at radius 2 is 2.00 bits per heavy atom. The second kappa shape index (κ2) is 4.86. The lowest BCUT2D eigenvalue weighted by Crippen LogP contribution is -2.00. The molecule has 0 saturated carbocycles. The van der Waals surface area contributed by atoms with E-state index in [-0.39, 0.29) is 0 Å². The van der Waals surface area contributed by atoms with Crippen molar-refractivity contribution >= 4 is 0 Å². The van der Waals surface area contributed by atoms with E-state index in [4.69, 9.17) is 9.15 Å². The van der Waals surface area contributed by atoms with Crippen molar-refractivity contribution in [3.8, 4) is 5.75 Å². The summed E-state index contributed by atoms with van der Waals surface area (Å²) in [5.74, 6) is 0.791. The highest BCUT2D eigenvalue weighted by molar-refractivity contribution is 5.29. The Morgan fingerprint density at radius 3 is 2.56 bits per heavy atom. The van der Waals surface area contributed by atoms with Crippen molar-refractivity contribution in [3.05, 3.63) is 54.0 Å². The van der Waals surface area contributed by atoms with Crippen LogP contribution in [0.25, 0.3) is 0 Å². The third-order valence-electron chi connectivity index (χ3n) is 2.51. The van der Waals surface area contributed by atoms with E-state index in [0.717, 1.165) is 16.9 Å².